The van der Waals surface area contributed by atoms with Crippen LogP contribution in [-0.4, -0.2) is 28.2 Å². The van der Waals surface area contributed by atoms with E-state index in [-0.39, 0.29) is 23.7 Å². The van der Waals surface area contributed by atoms with Gasteiger partial charge in [-0.05, 0) is 25.0 Å². The second-order valence-corrected chi connectivity index (χ2v) is 5.17. The number of hydrogen-bond donors (Lipinski definition) is 1. The summed E-state index contributed by atoms with van der Waals surface area (Å²) in [6.45, 7) is 3.30. The van der Waals surface area contributed by atoms with Crippen LogP contribution < -0.4 is 5.32 Å². The molecule has 100 valence electrons. The molecule has 2 amide bonds. The molecule has 3 rings (SSSR count). The first kappa shape index (κ1) is 12.1. The Labute approximate surface area is 112 Å². The summed E-state index contributed by atoms with van der Waals surface area (Å²) in [6.07, 6.45) is 3.50. The van der Waals surface area contributed by atoms with Crippen molar-refractivity contribution in [1.82, 2.24) is 9.88 Å². The number of nitrogens with one attached hydrogen (secondary N) is 1. The van der Waals surface area contributed by atoms with Gasteiger partial charge in [-0.25, -0.2) is 0 Å². The predicted octanol–water partition coefficient (Wildman–Crippen LogP) is 1.41. The predicted molar refractivity (Wildman–Crippen MR) is 70.2 cm³/mol. The van der Waals surface area contributed by atoms with E-state index in [0.717, 1.165) is 30.8 Å². The molecule has 0 spiro atoms. The van der Waals surface area contributed by atoms with Crippen molar-refractivity contribution < 1.29 is 9.59 Å². The van der Waals surface area contributed by atoms with Crippen molar-refractivity contribution in [2.45, 2.75) is 26.3 Å². The molecule has 5 heteroatoms. The third-order valence-corrected chi connectivity index (χ3v) is 3.67. The van der Waals surface area contributed by atoms with E-state index in [1.165, 1.54) is 4.90 Å². The van der Waals surface area contributed by atoms with Crippen LogP contribution >= 0.6 is 0 Å². The first-order chi connectivity index (χ1) is 9.20. The molecule has 1 aromatic rings. The van der Waals surface area contributed by atoms with Crippen LogP contribution in [0.15, 0.2) is 18.3 Å². The van der Waals surface area contributed by atoms with Crippen LogP contribution in [-0.2, 0) is 16.1 Å². The van der Waals surface area contributed by atoms with Crippen molar-refractivity contribution in [3.63, 3.8) is 0 Å². The molecule has 1 aliphatic heterocycles. The average Bonchev–Trinajstić information content (AvgIpc) is 3.17. The quantitative estimate of drug-likeness (QED) is 0.812. The lowest BCUT2D eigenvalue weighted by molar-refractivity contribution is -0.142. The highest BCUT2D eigenvalue weighted by atomic mass is 16.2. The van der Waals surface area contributed by atoms with Crippen LogP contribution in [0.4, 0.5) is 5.69 Å². The van der Waals surface area contributed by atoms with Crippen molar-refractivity contribution in [2.24, 2.45) is 11.8 Å². The summed E-state index contributed by atoms with van der Waals surface area (Å²) in [7, 11) is 0. The standard InChI is InChI=1S/C14H17N3O2/c1-2-4-15-9-3-5-16-10(6-9)8-17-13(18)11-7-12(11)14(17)19/h3,5-6,11-12H,2,4,7-8H2,1H3,(H,15,16). The topological polar surface area (TPSA) is 62.3 Å². The van der Waals surface area contributed by atoms with Gasteiger partial charge in [0.2, 0.25) is 11.8 Å². The smallest absolute Gasteiger partial charge is 0.233 e. The lowest BCUT2D eigenvalue weighted by Crippen LogP contribution is -2.32. The Morgan fingerprint density at radius 2 is 2.11 bits per heavy atom. The number of nitrogens with zero attached hydrogens (tertiary/aromatic N) is 2. The van der Waals surface area contributed by atoms with E-state index < -0.39 is 0 Å². The molecule has 2 heterocycles. The van der Waals surface area contributed by atoms with Crippen LogP contribution in [0, 0.1) is 11.8 Å². The van der Waals surface area contributed by atoms with Crippen LogP contribution in [0.25, 0.3) is 0 Å². The molecule has 1 saturated heterocycles. The first-order valence-electron chi connectivity index (χ1n) is 6.74. The summed E-state index contributed by atoms with van der Waals surface area (Å²) in [5.41, 5.74) is 1.74. The normalized spacial score (nSPS) is 24.6. The fourth-order valence-corrected chi connectivity index (χ4v) is 2.51. The first-order valence-corrected chi connectivity index (χ1v) is 6.74. The molecule has 5 nitrogen and oxygen atoms in total. The Kier molecular flexibility index (Phi) is 2.97. The molecule has 0 radical (unpaired) electrons. The number of likely N-dealkylation sites (tertiary alicyclic amines) is 1. The van der Waals surface area contributed by atoms with Gasteiger partial charge in [0, 0.05) is 18.4 Å². The number of rotatable bonds is 5. The van der Waals surface area contributed by atoms with Gasteiger partial charge in [0.25, 0.3) is 0 Å². The van der Waals surface area contributed by atoms with Gasteiger partial charge in [-0.2, -0.15) is 0 Å². The number of fused-ring (bicyclic) bond motifs is 1. The Balaban J connectivity index is 1.69. The monoisotopic (exact) mass is 259 g/mol. The highest BCUT2D eigenvalue weighted by Gasteiger charge is 2.58. The van der Waals surface area contributed by atoms with Gasteiger partial charge in [0.05, 0.1) is 24.1 Å². The minimum Gasteiger partial charge on any atom is -0.385 e. The third-order valence-electron chi connectivity index (χ3n) is 3.67. The van der Waals surface area contributed by atoms with Crippen molar-refractivity contribution in [2.75, 3.05) is 11.9 Å². The highest BCUT2D eigenvalue weighted by molar-refractivity contribution is 6.08. The Morgan fingerprint density at radius 3 is 2.79 bits per heavy atom. The lowest BCUT2D eigenvalue weighted by atomic mass is 10.2. The largest absolute Gasteiger partial charge is 0.385 e. The van der Waals surface area contributed by atoms with Gasteiger partial charge < -0.3 is 5.32 Å². The molecular formula is C14H17N3O2. The maximum absolute atomic E-state index is 11.9. The second kappa shape index (κ2) is 4.64. The molecule has 0 aromatic carbocycles. The Morgan fingerprint density at radius 1 is 1.37 bits per heavy atom. The van der Waals surface area contributed by atoms with Gasteiger partial charge in [-0.15, -0.1) is 0 Å². The number of imide groups is 1. The van der Waals surface area contributed by atoms with Crippen molar-refractivity contribution in [3.05, 3.63) is 24.0 Å². The molecule has 2 atom stereocenters. The fourth-order valence-electron chi connectivity index (χ4n) is 2.51. The number of piperidine rings is 1. The molecule has 1 N–H and O–H groups in total. The SMILES string of the molecule is CCCNc1ccnc(CN2C(=O)C3CC3C2=O)c1. The van der Waals surface area contributed by atoms with Gasteiger partial charge in [0.15, 0.2) is 0 Å². The second-order valence-electron chi connectivity index (χ2n) is 5.17. The van der Waals surface area contributed by atoms with E-state index in [0.29, 0.717) is 6.54 Å². The zero-order chi connectivity index (χ0) is 13.4. The molecule has 2 fully saturated rings. The molecular weight excluding hydrogens is 242 g/mol. The number of pyridine rings is 1. The summed E-state index contributed by atoms with van der Waals surface area (Å²) in [6, 6.07) is 3.80. The maximum Gasteiger partial charge on any atom is 0.233 e. The van der Waals surface area contributed by atoms with Crippen LogP contribution in [0.5, 0.6) is 0 Å². The fraction of sp³-hybridized carbons (Fsp3) is 0.500. The molecule has 2 unspecified atom stereocenters. The summed E-state index contributed by atoms with van der Waals surface area (Å²) in [5, 5.41) is 3.27. The Hall–Kier alpha value is -1.91. The van der Waals surface area contributed by atoms with Crippen molar-refractivity contribution in [3.8, 4) is 0 Å². The Bertz CT molecular complexity index is 509. The van der Waals surface area contributed by atoms with Gasteiger partial charge in [-0.3, -0.25) is 19.5 Å². The van der Waals surface area contributed by atoms with Crippen LogP contribution in [0.3, 0.4) is 0 Å². The molecule has 19 heavy (non-hydrogen) atoms. The lowest BCUT2D eigenvalue weighted by Gasteiger charge is -2.16. The maximum atomic E-state index is 11.9. The minimum atomic E-state index is -0.0334. The number of carbonyl (C=O) groups excluding carboxylic acids is 2. The summed E-state index contributed by atoms with van der Waals surface area (Å²) >= 11 is 0. The third kappa shape index (κ3) is 2.20. The van der Waals surface area contributed by atoms with E-state index in [2.05, 4.69) is 17.2 Å². The van der Waals surface area contributed by atoms with Crippen LogP contribution in [0.1, 0.15) is 25.5 Å². The number of hydrogen-bond acceptors (Lipinski definition) is 4. The number of aromatic nitrogens is 1. The molecule has 1 saturated carbocycles. The zero-order valence-corrected chi connectivity index (χ0v) is 10.9. The molecule has 0 bridgehead atoms. The van der Waals surface area contributed by atoms with E-state index in [9.17, 15) is 9.59 Å². The van der Waals surface area contributed by atoms with Gasteiger partial charge in [0.1, 0.15) is 0 Å². The zero-order valence-electron chi connectivity index (χ0n) is 10.9. The molecule has 1 aliphatic carbocycles. The highest BCUT2D eigenvalue weighted by Crippen LogP contribution is 2.47. The molecule has 2 aliphatic rings. The summed E-state index contributed by atoms with van der Waals surface area (Å²) in [4.78, 5) is 29.3. The summed E-state index contributed by atoms with van der Waals surface area (Å²) < 4.78 is 0. The van der Waals surface area contributed by atoms with Crippen LogP contribution in [0.2, 0.25) is 0 Å². The van der Waals surface area contributed by atoms with Gasteiger partial charge >= 0.3 is 0 Å². The molecule has 1 aromatic heterocycles. The van der Waals surface area contributed by atoms with E-state index >= 15 is 0 Å². The number of amides is 2. The van der Waals surface area contributed by atoms with Gasteiger partial charge in [-0.1, -0.05) is 6.92 Å². The minimum absolute atomic E-state index is 0.0243. The number of anilines is 1. The van der Waals surface area contributed by atoms with E-state index in [1.54, 1.807) is 6.20 Å². The summed E-state index contributed by atoms with van der Waals surface area (Å²) in [5.74, 6) is -0.116. The van der Waals surface area contributed by atoms with E-state index in [1.807, 2.05) is 12.1 Å². The number of carbonyl (C=O) groups is 2. The van der Waals surface area contributed by atoms with E-state index in [4.69, 9.17) is 0 Å². The van der Waals surface area contributed by atoms with Crippen molar-refractivity contribution in [1.29, 1.82) is 0 Å². The average molecular weight is 259 g/mol. The van der Waals surface area contributed by atoms with Crippen molar-refractivity contribution >= 4 is 17.5 Å².